The minimum Gasteiger partial charge on any atom is -0.382 e. The van der Waals surface area contributed by atoms with Crippen LogP contribution in [0.4, 0.5) is 11.4 Å². The van der Waals surface area contributed by atoms with Gasteiger partial charge in [-0.05, 0) is 25.3 Å². The zero-order valence-electron chi connectivity index (χ0n) is 12.1. The summed E-state index contributed by atoms with van der Waals surface area (Å²) < 4.78 is 5.34. The van der Waals surface area contributed by atoms with E-state index in [1.165, 1.54) is 12.1 Å². The first kappa shape index (κ1) is 15.2. The van der Waals surface area contributed by atoms with Crippen LogP contribution in [0.25, 0.3) is 0 Å². The van der Waals surface area contributed by atoms with Gasteiger partial charge in [-0.15, -0.1) is 0 Å². The molecule has 0 saturated heterocycles. The van der Waals surface area contributed by atoms with Crippen molar-refractivity contribution in [2.45, 2.75) is 31.4 Å². The lowest BCUT2D eigenvalue weighted by molar-refractivity contribution is -0.384. The van der Waals surface area contributed by atoms with Crippen molar-refractivity contribution in [3.8, 4) is 0 Å². The van der Waals surface area contributed by atoms with Crippen LogP contribution in [0.1, 0.15) is 29.6 Å². The molecule has 1 aliphatic carbocycles. The Morgan fingerprint density at radius 1 is 1.43 bits per heavy atom. The van der Waals surface area contributed by atoms with Crippen molar-refractivity contribution in [1.82, 2.24) is 5.32 Å². The molecule has 2 rings (SSSR count). The molecule has 2 N–H and O–H groups in total. The molecule has 0 heterocycles. The van der Waals surface area contributed by atoms with Crippen LogP contribution >= 0.6 is 0 Å². The molecule has 1 aromatic carbocycles. The van der Waals surface area contributed by atoms with E-state index in [1.54, 1.807) is 20.2 Å². The summed E-state index contributed by atoms with van der Waals surface area (Å²) in [6, 6.07) is 4.41. The minimum atomic E-state index is -0.504. The highest BCUT2D eigenvalue weighted by molar-refractivity contribution is 6.01. The summed E-state index contributed by atoms with van der Waals surface area (Å²) in [5.41, 5.74) is 0.389. The third kappa shape index (κ3) is 3.13. The van der Waals surface area contributed by atoms with Gasteiger partial charge in [0.25, 0.3) is 11.6 Å². The molecule has 2 atom stereocenters. The first-order valence-electron chi connectivity index (χ1n) is 6.87. The minimum absolute atomic E-state index is 0.00526. The number of ether oxygens (including phenoxy) is 1. The average molecular weight is 293 g/mol. The third-order valence-electron chi connectivity index (χ3n) is 3.81. The molecule has 0 aliphatic heterocycles. The van der Waals surface area contributed by atoms with E-state index in [2.05, 4.69) is 10.6 Å². The van der Waals surface area contributed by atoms with E-state index < -0.39 is 4.92 Å². The molecule has 1 aromatic rings. The second kappa shape index (κ2) is 6.53. The quantitative estimate of drug-likeness (QED) is 0.639. The van der Waals surface area contributed by atoms with E-state index in [4.69, 9.17) is 4.74 Å². The van der Waals surface area contributed by atoms with Crippen molar-refractivity contribution < 1.29 is 14.5 Å². The van der Waals surface area contributed by atoms with E-state index in [1.807, 2.05) is 0 Å². The maximum absolute atomic E-state index is 12.4. The Balaban J connectivity index is 2.23. The van der Waals surface area contributed by atoms with Crippen molar-refractivity contribution in [2.24, 2.45) is 0 Å². The molecule has 1 saturated carbocycles. The summed E-state index contributed by atoms with van der Waals surface area (Å²) in [5, 5.41) is 16.7. The fourth-order valence-corrected chi connectivity index (χ4v) is 2.76. The Bertz CT molecular complexity index is 547. The zero-order valence-corrected chi connectivity index (χ0v) is 12.1. The van der Waals surface area contributed by atoms with Crippen LogP contribution in [0, 0.1) is 10.1 Å². The van der Waals surface area contributed by atoms with E-state index >= 15 is 0 Å². The van der Waals surface area contributed by atoms with Gasteiger partial charge in [0, 0.05) is 20.2 Å². The monoisotopic (exact) mass is 293 g/mol. The van der Waals surface area contributed by atoms with Crippen LogP contribution in [0.3, 0.4) is 0 Å². The number of carbonyl (C=O) groups excluding carboxylic acids is 1. The second-order valence-electron chi connectivity index (χ2n) is 4.99. The number of anilines is 1. The maximum atomic E-state index is 12.4. The molecule has 1 amide bonds. The number of para-hydroxylation sites is 1. The van der Waals surface area contributed by atoms with E-state index in [9.17, 15) is 14.9 Å². The van der Waals surface area contributed by atoms with Gasteiger partial charge in [-0.3, -0.25) is 14.9 Å². The van der Waals surface area contributed by atoms with Crippen LogP contribution in [0.15, 0.2) is 18.2 Å². The highest BCUT2D eigenvalue weighted by Crippen LogP contribution is 2.28. The summed E-state index contributed by atoms with van der Waals surface area (Å²) >= 11 is 0. The van der Waals surface area contributed by atoms with Crippen molar-refractivity contribution in [2.75, 3.05) is 19.5 Å². The summed E-state index contributed by atoms with van der Waals surface area (Å²) in [6.07, 6.45) is 2.77. The van der Waals surface area contributed by atoms with Gasteiger partial charge in [0.1, 0.15) is 5.69 Å². The fourth-order valence-electron chi connectivity index (χ4n) is 2.76. The molecular formula is C14H19N3O4. The van der Waals surface area contributed by atoms with Gasteiger partial charge in [-0.2, -0.15) is 0 Å². The molecule has 1 fully saturated rings. The molecule has 21 heavy (non-hydrogen) atoms. The number of nitro benzene ring substituents is 1. The SMILES string of the molecule is CNc1c(C(=O)NC2CCCC2OC)cccc1[N+](=O)[O-]. The zero-order chi connectivity index (χ0) is 15.4. The predicted molar refractivity (Wildman–Crippen MR) is 78.5 cm³/mol. The van der Waals surface area contributed by atoms with Gasteiger partial charge in [0.15, 0.2) is 0 Å². The molecule has 7 nitrogen and oxygen atoms in total. The second-order valence-corrected chi connectivity index (χ2v) is 4.99. The summed E-state index contributed by atoms with van der Waals surface area (Å²) in [5.74, 6) is -0.322. The molecule has 0 aromatic heterocycles. The number of methoxy groups -OCH3 is 1. The highest BCUT2D eigenvalue weighted by atomic mass is 16.6. The molecule has 114 valence electrons. The van der Waals surface area contributed by atoms with E-state index in [-0.39, 0.29) is 35.0 Å². The first-order valence-corrected chi connectivity index (χ1v) is 6.87. The van der Waals surface area contributed by atoms with Crippen molar-refractivity contribution in [1.29, 1.82) is 0 Å². The lowest BCUT2D eigenvalue weighted by Gasteiger charge is -2.20. The number of benzene rings is 1. The number of hydrogen-bond acceptors (Lipinski definition) is 5. The molecule has 0 radical (unpaired) electrons. The molecule has 2 unspecified atom stereocenters. The Morgan fingerprint density at radius 2 is 2.19 bits per heavy atom. The lowest BCUT2D eigenvalue weighted by atomic mass is 10.1. The van der Waals surface area contributed by atoms with Gasteiger partial charge in [0.05, 0.1) is 22.6 Å². The Hall–Kier alpha value is -2.15. The molecule has 0 spiro atoms. The number of hydrogen-bond donors (Lipinski definition) is 2. The Labute approximate surface area is 122 Å². The first-order chi connectivity index (χ1) is 10.1. The Kier molecular flexibility index (Phi) is 4.74. The number of nitro groups is 1. The smallest absolute Gasteiger partial charge is 0.293 e. The number of rotatable bonds is 5. The largest absolute Gasteiger partial charge is 0.382 e. The lowest BCUT2D eigenvalue weighted by Crippen LogP contribution is -2.40. The van der Waals surface area contributed by atoms with E-state index in [0.29, 0.717) is 0 Å². The number of nitrogens with one attached hydrogen (secondary N) is 2. The van der Waals surface area contributed by atoms with Crippen LogP contribution in [-0.4, -0.2) is 37.1 Å². The van der Waals surface area contributed by atoms with Crippen LogP contribution in [0.2, 0.25) is 0 Å². The van der Waals surface area contributed by atoms with Gasteiger partial charge < -0.3 is 15.4 Å². The average Bonchev–Trinajstić information content (AvgIpc) is 2.93. The highest BCUT2D eigenvalue weighted by Gasteiger charge is 2.30. The normalized spacial score (nSPS) is 21.0. The summed E-state index contributed by atoms with van der Waals surface area (Å²) in [6.45, 7) is 0. The van der Waals surface area contributed by atoms with Crippen molar-refractivity contribution in [3.05, 3.63) is 33.9 Å². The third-order valence-corrected chi connectivity index (χ3v) is 3.81. The molecule has 7 heteroatoms. The van der Waals surface area contributed by atoms with Crippen molar-refractivity contribution in [3.63, 3.8) is 0 Å². The van der Waals surface area contributed by atoms with Crippen molar-refractivity contribution >= 4 is 17.3 Å². The Morgan fingerprint density at radius 3 is 2.81 bits per heavy atom. The van der Waals surface area contributed by atoms with E-state index in [0.717, 1.165) is 19.3 Å². The summed E-state index contributed by atoms with van der Waals surface area (Å²) in [7, 11) is 3.19. The van der Waals surface area contributed by atoms with Crippen LogP contribution in [0.5, 0.6) is 0 Å². The van der Waals surface area contributed by atoms with Crippen LogP contribution < -0.4 is 10.6 Å². The van der Waals surface area contributed by atoms with Gasteiger partial charge in [-0.1, -0.05) is 6.07 Å². The topological polar surface area (TPSA) is 93.5 Å². The standard InChI is InChI=1S/C14H19N3O4/c1-15-13-9(5-3-7-11(13)17(19)20)14(18)16-10-6-4-8-12(10)21-2/h3,5,7,10,12,15H,4,6,8H2,1-2H3,(H,16,18). The fraction of sp³-hybridized carbons (Fsp3) is 0.500. The van der Waals surface area contributed by atoms with Gasteiger partial charge >= 0.3 is 0 Å². The number of carbonyl (C=O) groups is 1. The number of amides is 1. The molecule has 0 bridgehead atoms. The predicted octanol–water partition coefficient (Wildman–Crippen LogP) is 1.93. The number of nitrogens with zero attached hydrogens (tertiary/aromatic N) is 1. The molecular weight excluding hydrogens is 274 g/mol. The van der Waals surface area contributed by atoms with Gasteiger partial charge in [0.2, 0.25) is 0 Å². The summed E-state index contributed by atoms with van der Waals surface area (Å²) in [4.78, 5) is 22.9. The van der Waals surface area contributed by atoms with Gasteiger partial charge in [-0.25, -0.2) is 0 Å². The molecule has 1 aliphatic rings. The van der Waals surface area contributed by atoms with Crippen LogP contribution in [-0.2, 0) is 4.74 Å². The maximum Gasteiger partial charge on any atom is 0.293 e.